The van der Waals surface area contributed by atoms with E-state index in [0.717, 1.165) is 51.3 Å². The molecule has 1 N–H and O–H groups in total. The van der Waals surface area contributed by atoms with Gasteiger partial charge >= 0.3 is 0 Å². The Hall–Kier alpha value is -4.50. The summed E-state index contributed by atoms with van der Waals surface area (Å²) in [5.74, 6) is 0.724. The fourth-order valence-corrected chi connectivity index (χ4v) is 5.24. The lowest BCUT2D eigenvalue weighted by Crippen LogP contribution is -2.32. The number of halogens is 1. The van der Waals surface area contributed by atoms with E-state index in [4.69, 9.17) is 9.40 Å². The molecule has 6 aromatic rings. The number of rotatable bonds is 9. The second-order valence-electron chi connectivity index (χ2n) is 9.51. The summed E-state index contributed by atoms with van der Waals surface area (Å²) in [6.07, 6.45) is 10.5. The van der Waals surface area contributed by atoms with Crippen LogP contribution in [-0.2, 0) is 13.0 Å². The van der Waals surface area contributed by atoms with Crippen molar-refractivity contribution < 1.29 is 9.21 Å². The number of nitrogens with zero attached hydrogens (tertiary/aromatic N) is 5. The number of nitrogens with one attached hydrogen (secondary N) is 1. The lowest BCUT2D eigenvalue weighted by Gasteiger charge is -2.20. The molecular weight excluding hydrogens is 568 g/mol. The molecule has 200 valence electrons. The number of imidazole rings is 2. The van der Waals surface area contributed by atoms with Crippen LogP contribution in [0.5, 0.6) is 0 Å². The van der Waals surface area contributed by atoms with Gasteiger partial charge in [-0.05, 0) is 60.5 Å². The number of fused-ring (bicyclic) bond motifs is 1. The van der Waals surface area contributed by atoms with Crippen LogP contribution in [0, 0.1) is 0 Å². The molecule has 1 atom stereocenters. The summed E-state index contributed by atoms with van der Waals surface area (Å²) in [6.45, 7) is 2.88. The Morgan fingerprint density at radius 1 is 1.05 bits per heavy atom. The number of carbonyl (C=O) groups is 1. The molecule has 0 spiro atoms. The summed E-state index contributed by atoms with van der Waals surface area (Å²) in [6, 6.07) is 21.1. The normalized spacial score (nSPS) is 12.1. The molecule has 4 heterocycles. The van der Waals surface area contributed by atoms with Gasteiger partial charge in [0.25, 0.3) is 5.91 Å². The average Bonchev–Trinajstić information content (AvgIpc) is 3.74. The van der Waals surface area contributed by atoms with Crippen LogP contribution < -0.4 is 5.32 Å². The molecule has 0 fully saturated rings. The SMILES string of the molecule is CCCn1c(-c2ccc(-n3ccnc3)cc2)cnc1C(Cc1ccccn1)NC(=O)c1cc2cc(Br)ccc2o1. The van der Waals surface area contributed by atoms with Crippen LogP contribution in [-0.4, -0.2) is 30.0 Å². The van der Waals surface area contributed by atoms with Crippen molar-refractivity contribution in [3.05, 3.63) is 120 Å². The van der Waals surface area contributed by atoms with Gasteiger partial charge in [-0.3, -0.25) is 9.78 Å². The first-order valence-electron chi connectivity index (χ1n) is 13.1. The van der Waals surface area contributed by atoms with Crippen molar-refractivity contribution in [2.75, 3.05) is 0 Å². The van der Waals surface area contributed by atoms with E-state index in [1.807, 2.05) is 53.4 Å². The van der Waals surface area contributed by atoms with Gasteiger partial charge in [-0.25, -0.2) is 9.97 Å². The maximum absolute atomic E-state index is 13.5. The van der Waals surface area contributed by atoms with Crippen molar-refractivity contribution >= 4 is 32.8 Å². The van der Waals surface area contributed by atoms with E-state index in [2.05, 4.69) is 67.0 Å². The molecule has 6 rings (SSSR count). The molecular formula is C31H27BrN6O2. The minimum Gasteiger partial charge on any atom is -0.451 e. The minimum atomic E-state index is -0.423. The number of hydrogen-bond donors (Lipinski definition) is 1. The first kappa shape index (κ1) is 25.8. The number of furan rings is 1. The molecule has 8 nitrogen and oxygen atoms in total. The van der Waals surface area contributed by atoms with Crippen LogP contribution >= 0.6 is 15.9 Å². The Morgan fingerprint density at radius 3 is 2.67 bits per heavy atom. The van der Waals surface area contributed by atoms with Gasteiger partial charge in [0.15, 0.2) is 5.76 Å². The standard InChI is InChI=1S/C31H27BrN6O2/c1-2-14-38-27(21-6-9-25(10-7-21)37-15-13-33-20-37)19-35-30(38)26(18-24-5-3-4-12-34-24)36-31(39)29-17-22-16-23(32)8-11-28(22)40-29/h3-13,15-17,19-20,26H,2,14,18H2,1H3,(H,36,39). The third-order valence-electron chi connectivity index (χ3n) is 6.76. The number of amides is 1. The van der Waals surface area contributed by atoms with Crippen LogP contribution in [0.25, 0.3) is 27.9 Å². The lowest BCUT2D eigenvalue weighted by molar-refractivity contribution is 0.0908. The molecule has 0 aliphatic heterocycles. The highest BCUT2D eigenvalue weighted by molar-refractivity contribution is 9.10. The van der Waals surface area contributed by atoms with Crippen LogP contribution in [0.15, 0.2) is 107 Å². The Morgan fingerprint density at radius 2 is 1.93 bits per heavy atom. The van der Waals surface area contributed by atoms with E-state index in [1.165, 1.54) is 0 Å². The fraction of sp³-hybridized carbons (Fsp3) is 0.161. The van der Waals surface area contributed by atoms with Crippen molar-refractivity contribution in [2.24, 2.45) is 0 Å². The Labute approximate surface area is 239 Å². The van der Waals surface area contributed by atoms with Gasteiger partial charge in [0.2, 0.25) is 0 Å². The average molecular weight is 596 g/mol. The third kappa shape index (κ3) is 5.33. The number of carbonyl (C=O) groups excluding carboxylic acids is 1. The topological polar surface area (TPSA) is 90.8 Å². The molecule has 0 bridgehead atoms. The van der Waals surface area contributed by atoms with E-state index >= 15 is 0 Å². The molecule has 1 amide bonds. The molecule has 0 aliphatic rings. The highest BCUT2D eigenvalue weighted by Crippen LogP contribution is 2.28. The molecule has 0 saturated heterocycles. The second kappa shape index (κ2) is 11.3. The molecule has 2 aromatic carbocycles. The van der Waals surface area contributed by atoms with Gasteiger partial charge in [-0.15, -0.1) is 0 Å². The number of benzene rings is 2. The number of pyridine rings is 1. The van der Waals surface area contributed by atoms with Crippen LogP contribution in [0.1, 0.15) is 41.5 Å². The molecule has 0 saturated carbocycles. The summed E-state index contributed by atoms with van der Waals surface area (Å²) in [5.41, 5.74) is 4.58. The van der Waals surface area contributed by atoms with E-state index < -0.39 is 6.04 Å². The van der Waals surface area contributed by atoms with Crippen molar-refractivity contribution in [2.45, 2.75) is 32.4 Å². The van der Waals surface area contributed by atoms with Gasteiger partial charge in [0.05, 0.1) is 24.3 Å². The summed E-state index contributed by atoms with van der Waals surface area (Å²) < 4.78 is 11.0. The summed E-state index contributed by atoms with van der Waals surface area (Å²) in [5, 5.41) is 4.04. The van der Waals surface area contributed by atoms with E-state index in [0.29, 0.717) is 12.0 Å². The summed E-state index contributed by atoms with van der Waals surface area (Å²) in [4.78, 5) is 27.0. The third-order valence-corrected chi connectivity index (χ3v) is 7.25. The Bertz CT molecular complexity index is 1740. The highest BCUT2D eigenvalue weighted by atomic mass is 79.9. The molecule has 0 radical (unpaired) electrons. The maximum atomic E-state index is 13.5. The Kier molecular flexibility index (Phi) is 7.29. The van der Waals surface area contributed by atoms with Crippen LogP contribution in [0.4, 0.5) is 0 Å². The minimum absolute atomic E-state index is 0.253. The molecule has 1 unspecified atom stereocenters. The quantitative estimate of drug-likeness (QED) is 0.199. The monoisotopic (exact) mass is 594 g/mol. The second-order valence-corrected chi connectivity index (χ2v) is 10.4. The van der Waals surface area contributed by atoms with E-state index in [9.17, 15) is 4.79 Å². The van der Waals surface area contributed by atoms with Gasteiger partial charge in [-0.2, -0.15) is 0 Å². The zero-order chi connectivity index (χ0) is 27.5. The largest absolute Gasteiger partial charge is 0.451 e. The number of hydrogen-bond acceptors (Lipinski definition) is 5. The van der Waals surface area contributed by atoms with Crippen molar-refractivity contribution in [1.82, 2.24) is 29.4 Å². The van der Waals surface area contributed by atoms with Crippen molar-refractivity contribution in [1.29, 1.82) is 0 Å². The predicted molar refractivity (Wildman–Crippen MR) is 157 cm³/mol. The van der Waals surface area contributed by atoms with Gasteiger partial charge < -0.3 is 18.9 Å². The lowest BCUT2D eigenvalue weighted by atomic mass is 10.1. The summed E-state index contributed by atoms with van der Waals surface area (Å²) in [7, 11) is 0. The molecule has 0 aliphatic carbocycles. The maximum Gasteiger partial charge on any atom is 0.287 e. The molecule has 9 heteroatoms. The summed E-state index contributed by atoms with van der Waals surface area (Å²) >= 11 is 3.48. The predicted octanol–water partition coefficient (Wildman–Crippen LogP) is 6.76. The van der Waals surface area contributed by atoms with Gasteiger partial charge in [-0.1, -0.05) is 41.1 Å². The highest BCUT2D eigenvalue weighted by Gasteiger charge is 2.25. The Balaban J connectivity index is 1.35. The van der Waals surface area contributed by atoms with Gasteiger partial charge in [0, 0.05) is 52.8 Å². The molecule has 40 heavy (non-hydrogen) atoms. The van der Waals surface area contributed by atoms with E-state index in [-0.39, 0.29) is 11.7 Å². The smallest absolute Gasteiger partial charge is 0.287 e. The van der Waals surface area contributed by atoms with Gasteiger partial charge in [0.1, 0.15) is 11.4 Å². The molecule has 4 aromatic heterocycles. The first-order chi connectivity index (χ1) is 19.6. The van der Waals surface area contributed by atoms with Crippen LogP contribution in [0.3, 0.4) is 0 Å². The van der Waals surface area contributed by atoms with Crippen molar-refractivity contribution in [3.8, 4) is 16.9 Å². The zero-order valence-electron chi connectivity index (χ0n) is 21.9. The van der Waals surface area contributed by atoms with E-state index in [1.54, 1.807) is 24.8 Å². The zero-order valence-corrected chi connectivity index (χ0v) is 23.5. The van der Waals surface area contributed by atoms with Crippen molar-refractivity contribution in [3.63, 3.8) is 0 Å². The fourth-order valence-electron chi connectivity index (χ4n) is 4.86. The first-order valence-corrected chi connectivity index (χ1v) is 13.9. The van der Waals surface area contributed by atoms with Crippen LogP contribution in [0.2, 0.25) is 0 Å². The number of aromatic nitrogens is 5.